The predicted molar refractivity (Wildman–Crippen MR) is 113 cm³/mol. The van der Waals surface area contributed by atoms with E-state index >= 15 is 0 Å². The Bertz CT molecular complexity index is 925. The molecule has 0 atom stereocenters. The lowest BCUT2D eigenvalue weighted by molar-refractivity contribution is 0.0696. The second-order valence-corrected chi connectivity index (χ2v) is 7.09. The summed E-state index contributed by atoms with van der Waals surface area (Å²) in [5.41, 5.74) is 5.98. The Morgan fingerprint density at radius 1 is 0.821 bits per heavy atom. The van der Waals surface area contributed by atoms with Gasteiger partial charge in [-0.1, -0.05) is 48.5 Å². The van der Waals surface area contributed by atoms with Crippen molar-refractivity contribution >= 4 is 5.97 Å². The third-order valence-corrected chi connectivity index (χ3v) is 5.08. The van der Waals surface area contributed by atoms with Crippen molar-refractivity contribution in [2.75, 3.05) is 7.11 Å². The van der Waals surface area contributed by atoms with Crippen molar-refractivity contribution in [3.63, 3.8) is 0 Å². The molecular formula is C25H26O3. The van der Waals surface area contributed by atoms with Crippen LogP contribution in [0.15, 0.2) is 66.7 Å². The van der Waals surface area contributed by atoms with E-state index in [1.807, 2.05) is 31.2 Å². The van der Waals surface area contributed by atoms with Gasteiger partial charge >= 0.3 is 5.97 Å². The minimum atomic E-state index is -0.881. The summed E-state index contributed by atoms with van der Waals surface area (Å²) in [5, 5.41) is 9.16. The Morgan fingerprint density at radius 3 is 1.86 bits per heavy atom. The maximum atomic E-state index is 11.2. The number of unbranched alkanes of at least 4 members (excludes halogenated alkanes) is 1. The molecule has 0 aliphatic rings. The third-order valence-electron chi connectivity index (χ3n) is 5.08. The Balaban J connectivity index is 1.53. The molecule has 3 aromatic carbocycles. The SMILES string of the molecule is COc1ccc(CCCCc2ccc(-c3ccc(C(=O)O)c(C)c3)cc2)cc1. The van der Waals surface area contributed by atoms with E-state index in [0.717, 1.165) is 48.1 Å². The Hall–Kier alpha value is -3.07. The van der Waals surface area contributed by atoms with Crippen molar-refractivity contribution in [1.29, 1.82) is 0 Å². The molecule has 0 amide bonds. The molecule has 0 radical (unpaired) electrons. The molecule has 3 aromatic rings. The minimum Gasteiger partial charge on any atom is -0.497 e. The van der Waals surface area contributed by atoms with Crippen LogP contribution in [-0.4, -0.2) is 18.2 Å². The highest BCUT2D eigenvalue weighted by molar-refractivity contribution is 5.90. The fourth-order valence-corrected chi connectivity index (χ4v) is 3.40. The Labute approximate surface area is 166 Å². The van der Waals surface area contributed by atoms with Gasteiger partial charge in [-0.25, -0.2) is 4.79 Å². The number of rotatable bonds is 8. The number of methoxy groups -OCH3 is 1. The summed E-state index contributed by atoms with van der Waals surface area (Å²) in [6.45, 7) is 1.84. The van der Waals surface area contributed by atoms with Crippen LogP contribution < -0.4 is 4.74 Å². The molecule has 28 heavy (non-hydrogen) atoms. The maximum absolute atomic E-state index is 11.2. The first-order valence-electron chi connectivity index (χ1n) is 9.63. The molecule has 3 rings (SSSR count). The van der Waals surface area contributed by atoms with Gasteiger partial charge in [-0.15, -0.1) is 0 Å². The standard InChI is InChI=1S/C25H26O3/c1-18-17-22(13-16-24(18)25(26)27)21-11-7-19(8-12-21)5-3-4-6-20-9-14-23(28-2)15-10-20/h7-17H,3-6H2,1-2H3,(H,26,27). The second-order valence-electron chi connectivity index (χ2n) is 7.09. The molecule has 0 fully saturated rings. The summed E-state index contributed by atoms with van der Waals surface area (Å²) >= 11 is 0. The monoisotopic (exact) mass is 374 g/mol. The Kier molecular flexibility index (Phi) is 6.49. The number of aryl methyl sites for hydroxylation is 3. The molecule has 0 bridgehead atoms. The first-order chi connectivity index (χ1) is 13.6. The minimum absolute atomic E-state index is 0.359. The summed E-state index contributed by atoms with van der Waals surface area (Å²) in [6.07, 6.45) is 4.45. The van der Waals surface area contributed by atoms with Crippen LogP contribution >= 0.6 is 0 Å². The van der Waals surface area contributed by atoms with E-state index in [0.29, 0.717) is 5.56 Å². The molecule has 0 saturated heterocycles. The summed E-state index contributed by atoms with van der Waals surface area (Å²) < 4.78 is 5.19. The van der Waals surface area contributed by atoms with E-state index in [-0.39, 0.29) is 0 Å². The molecule has 0 unspecified atom stereocenters. The maximum Gasteiger partial charge on any atom is 0.335 e. The van der Waals surface area contributed by atoms with Crippen LogP contribution in [0.5, 0.6) is 5.75 Å². The number of carboxylic acid groups (broad SMARTS) is 1. The van der Waals surface area contributed by atoms with E-state index < -0.39 is 5.97 Å². The summed E-state index contributed by atoms with van der Waals surface area (Å²) in [5.74, 6) is 0.0191. The molecule has 0 aliphatic carbocycles. The lowest BCUT2D eigenvalue weighted by atomic mass is 9.97. The Morgan fingerprint density at radius 2 is 1.36 bits per heavy atom. The van der Waals surface area contributed by atoms with Crippen LogP contribution in [0.2, 0.25) is 0 Å². The largest absolute Gasteiger partial charge is 0.497 e. The van der Waals surface area contributed by atoms with E-state index in [9.17, 15) is 4.79 Å². The van der Waals surface area contributed by atoms with Crippen molar-refractivity contribution in [2.45, 2.75) is 32.6 Å². The summed E-state index contributed by atoms with van der Waals surface area (Å²) in [4.78, 5) is 11.2. The highest BCUT2D eigenvalue weighted by Crippen LogP contribution is 2.23. The number of ether oxygens (including phenoxy) is 1. The van der Waals surface area contributed by atoms with Gasteiger partial charge < -0.3 is 9.84 Å². The molecular weight excluding hydrogens is 348 g/mol. The zero-order valence-corrected chi connectivity index (χ0v) is 16.4. The normalized spacial score (nSPS) is 10.6. The number of carbonyl (C=O) groups is 1. The zero-order chi connectivity index (χ0) is 19.9. The van der Waals surface area contributed by atoms with Gasteiger partial charge in [0.15, 0.2) is 0 Å². The van der Waals surface area contributed by atoms with Crippen LogP contribution in [-0.2, 0) is 12.8 Å². The van der Waals surface area contributed by atoms with Crippen molar-refractivity contribution in [1.82, 2.24) is 0 Å². The average Bonchev–Trinajstić information content (AvgIpc) is 2.72. The fourth-order valence-electron chi connectivity index (χ4n) is 3.40. The van der Waals surface area contributed by atoms with Crippen LogP contribution in [0.1, 0.15) is 39.9 Å². The van der Waals surface area contributed by atoms with Crippen LogP contribution in [0.4, 0.5) is 0 Å². The van der Waals surface area contributed by atoms with Gasteiger partial charge in [0, 0.05) is 0 Å². The van der Waals surface area contributed by atoms with Crippen LogP contribution in [0, 0.1) is 6.92 Å². The van der Waals surface area contributed by atoms with Crippen molar-refractivity contribution in [3.8, 4) is 16.9 Å². The molecule has 3 nitrogen and oxygen atoms in total. The van der Waals surface area contributed by atoms with Gasteiger partial charge in [0.1, 0.15) is 5.75 Å². The van der Waals surface area contributed by atoms with E-state index in [1.54, 1.807) is 13.2 Å². The highest BCUT2D eigenvalue weighted by atomic mass is 16.5. The zero-order valence-electron chi connectivity index (χ0n) is 16.4. The van der Waals surface area contributed by atoms with Gasteiger partial charge in [-0.3, -0.25) is 0 Å². The number of hydrogen-bond acceptors (Lipinski definition) is 2. The van der Waals surface area contributed by atoms with E-state index in [2.05, 4.69) is 36.4 Å². The molecule has 144 valence electrons. The van der Waals surface area contributed by atoms with Crippen LogP contribution in [0.3, 0.4) is 0 Å². The highest BCUT2D eigenvalue weighted by Gasteiger charge is 2.08. The lowest BCUT2D eigenvalue weighted by Gasteiger charge is -2.08. The molecule has 0 heterocycles. The fraction of sp³-hybridized carbons (Fsp3) is 0.240. The number of benzene rings is 3. The summed E-state index contributed by atoms with van der Waals surface area (Å²) in [7, 11) is 1.69. The van der Waals surface area contributed by atoms with E-state index in [4.69, 9.17) is 9.84 Å². The lowest BCUT2D eigenvalue weighted by Crippen LogP contribution is -1.99. The average molecular weight is 374 g/mol. The molecule has 0 aromatic heterocycles. The van der Waals surface area contributed by atoms with E-state index in [1.165, 1.54) is 11.1 Å². The molecule has 0 spiro atoms. The third kappa shape index (κ3) is 5.01. The summed E-state index contributed by atoms with van der Waals surface area (Å²) in [6, 6.07) is 22.4. The smallest absolute Gasteiger partial charge is 0.335 e. The van der Waals surface area contributed by atoms with Crippen molar-refractivity contribution in [2.24, 2.45) is 0 Å². The van der Waals surface area contributed by atoms with Gasteiger partial charge in [-0.05, 0) is 78.6 Å². The number of carboxylic acids is 1. The molecule has 1 N–H and O–H groups in total. The first-order valence-corrected chi connectivity index (χ1v) is 9.63. The van der Waals surface area contributed by atoms with Crippen molar-refractivity contribution < 1.29 is 14.6 Å². The predicted octanol–water partition coefficient (Wildman–Crippen LogP) is 5.93. The molecule has 0 saturated carbocycles. The second kappa shape index (κ2) is 9.23. The van der Waals surface area contributed by atoms with Gasteiger partial charge in [-0.2, -0.15) is 0 Å². The van der Waals surface area contributed by atoms with Gasteiger partial charge in [0.2, 0.25) is 0 Å². The number of aromatic carboxylic acids is 1. The quantitative estimate of drug-likeness (QED) is 0.497. The van der Waals surface area contributed by atoms with Gasteiger partial charge in [0.05, 0.1) is 12.7 Å². The van der Waals surface area contributed by atoms with Crippen molar-refractivity contribution in [3.05, 3.63) is 89.0 Å². The van der Waals surface area contributed by atoms with Gasteiger partial charge in [0.25, 0.3) is 0 Å². The molecule has 3 heteroatoms. The van der Waals surface area contributed by atoms with Crippen LogP contribution in [0.25, 0.3) is 11.1 Å². The first kappa shape index (κ1) is 19.7. The topological polar surface area (TPSA) is 46.5 Å². The molecule has 0 aliphatic heterocycles. The number of hydrogen-bond donors (Lipinski definition) is 1.